The maximum atomic E-state index is 12.4. The Morgan fingerprint density at radius 3 is 2.52 bits per heavy atom. The van der Waals surface area contributed by atoms with E-state index in [-0.39, 0.29) is 24.0 Å². The first-order chi connectivity index (χ1) is 10.1. The molecular weight excluding hydrogens is 330 g/mol. The van der Waals surface area contributed by atoms with Gasteiger partial charge in [0, 0.05) is 29.2 Å². The van der Waals surface area contributed by atoms with E-state index in [2.05, 4.69) is 15.9 Å². The van der Waals surface area contributed by atoms with Gasteiger partial charge < -0.3 is 4.90 Å². The van der Waals surface area contributed by atoms with Crippen molar-refractivity contribution in [3.63, 3.8) is 0 Å². The van der Waals surface area contributed by atoms with E-state index < -0.39 is 0 Å². The summed E-state index contributed by atoms with van der Waals surface area (Å²) in [5.74, 6) is -0.394. The van der Waals surface area contributed by atoms with Crippen molar-refractivity contribution in [3.8, 4) is 0 Å². The second kappa shape index (κ2) is 5.45. The molecule has 0 aromatic heterocycles. The van der Waals surface area contributed by atoms with Gasteiger partial charge in [0.2, 0.25) is 5.91 Å². The Labute approximate surface area is 131 Å². The van der Waals surface area contributed by atoms with Crippen molar-refractivity contribution >= 4 is 33.3 Å². The quantitative estimate of drug-likeness (QED) is 0.795. The van der Waals surface area contributed by atoms with Gasteiger partial charge in [0.1, 0.15) is 0 Å². The molecule has 0 radical (unpaired) electrons. The average molecular weight is 344 g/mol. The number of likely N-dealkylation sites (N-methyl/N-ethyl adjacent to an activating group) is 1. The third kappa shape index (κ3) is 2.51. The summed E-state index contributed by atoms with van der Waals surface area (Å²) in [7, 11) is 1.76. The Kier molecular flexibility index (Phi) is 3.64. The first kappa shape index (κ1) is 14.0. The molecule has 106 valence electrons. The van der Waals surface area contributed by atoms with Crippen LogP contribution in [0.3, 0.4) is 0 Å². The molecule has 1 heterocycles. The standard InChI is InChI=1S/C17H14BrNO2/c1-19-15-5-3-2-4-13(15)14(17(19)21)10-16(20)11-6-8-12(18)9-7-11/h2-9,14H,10H2,1H3/t14-/m1/s1. The lowest BCUT2D eigenvalue weighted by molar-refractivity contribution is -0.119. The highest BCUT2D eigenvalue weighted by Gasteiger charge is 2.36. The van der Waals surface area contributed by atoms with Crippen LogP contribution in [0.15, 0.2) is 53.0 Å². The molecular formula is C17H14BrNO2. The first-order valence-electron chi connectivity index (χ1n) is 6.73. The second-order valence-corrected chi connectivity index (χ2v) is 6.06. The molecule has 0 saturated heterocycles. The summed E-state index contributed by atoms with van der Waals surface area (Å²) in [6, 6.07) is 14.9. The van der Waals surface area contributed by atoms with Crippen LogP contribution in [0.25, 0.3) is 0 Å². The summed E-state index contributed by atoms with van der Waals surface area (Å²) >= 11 is 3.35. The maximum Gasteiger partial charge on any atom is 0.234 e. The summed E-state index contributed by atoms with van der Waals surface area (Å²) in [4.78, 5) is 26.4. The molecule has 0 fully saturated rings. The molecule has 3 nitrogen and oxygen atoms in total. The van der Waals surface area contributed by atoms with Crippen LogP contribution in [0.5, 0.6) is 0 Å². The van der Waals surface area contributed by atoms with Crippen LogP contribution in [0.1, 0.15) is 28.3 Å². The zero-order chi connectivity index (χ0) is 15.0. The number of halogens is 1. The largest absolute Gasteiger partial charge is 0.315 e. The summed E-state index contributed by atoms with van der Waals surface area (Å²) in [6.45, 7) is 0. The Hall–Kier alpha value is -1.94. The Morgan fingerprint density at radius 1 is 1.14 bits per heavy atom. The number of rotatable bonds is 3. The molecule has 0 aliphatic carbocycles. The topological polar surface area (TPSA) is 37.4 Å². The fourth-order valence-electron chi connectivity index (χ4n) is 2.71. The van der Waals surface area contributed by atoms with Crippen LogP contribution in [0.4, 0.5) is 5.69 Å². The van der Waals surface area contributed by atoms with Gasteiger partial charge >= 0.3 is 0 Å². The van der Waals surface area contributed by atoms with Gasteiger partial charge in [-0.2, -0.15) is 0 Å². The number of fused-ring (bicyclic) bond motifs is 1. The van der Waals surface area contributed by atoms with Crippen LogP contribution in [0, 0.1) is 0 Å². The summed E-state index contributed by atoms with van der Waals surface area (Å²) in [5, 5.41) is 0. The molecule has 2 aromatic carbocycles. The van der Waals surface area contributed by atoms with Gasteiger partial charge in [0.05, 0.1) is 5.92 Å². The summed E-state index contributed by atoms with van der Waals surface area (Å²) in [6.07, 6.45) is 0.210. The zero-order valence-electron chi connectivity index (χ0n) is 11.5. The van der Waals surface area contributed by atoms with Crippen LogP contribution in [-0.2, 0) is 4.79 Å². The number of anilines is 1. The molecule has 2 aromatic rings. The van der Waals surface area contributed by atoms with Gasteiger partial charge in [0.25, 0.3) is 0 Å². The number of carbonyl (C=O) groups is 2. The van der Waals surface area contributed by atoms with Gasteiger partial charge in [-0.05, 0) is 23.8 Å². The molecule has 1 amide bonds. The minimum Gasteiger partial charge on any atom is -0.315 e. The van der Waals surface area contributed by atoms with E-state index in [9.17, 15) is 9.59 Å². The fourth-order valence-corrected chi connectivity index (χ4v) is 2.97. The number of amides is 1. The molecule has 3 rings (SSSR count). The van der Waals surface area contributed by atoms with Crippen molar-refractivity contribution in [2.45, 2.75) is 12.3 Å². The van der Waals surface area contributed by atoms with Crippen molar-refractivity contribution in [2.24, 2.45) is 0 Å². The lowest BCUT2D eigenvalue weighted by Crippen LogP contribution is -2.25. The second-order valence-electron chi connectivity index (χ2n) is 5.14. The number of benzene rings is 2. The van der Waals surface area contributed by atoms with Gasteiger partial charge in [-0.25, -0.2) is 0 Å². The number of para-hydroxylation sites is 1. The molecule has 4 heteroatoms. The monoisotopic (exact) mass is 343 g/mol. The maximum absolute atomic E-state index is 12.4. The summed E-state index contributed by atoms with van der Waals surface area (Å²) in [5.41, 5.74) is 2.48. The summed E-state index contributed by atoms with van der Waals surface area (Å²) < 4.78 is 0.932. The Bertz CT molecular complexity index is 709. The number of ketones is 1. The highest BCUT2D eigenvalue weighted by Crippen LogP contribution is 2.38. The smallest absolute Gasteiger partial charge is 0.234 e. The zero-order valence-corrected chi connectivity index (χ0v) is 13.1. The predicted molar refractivity (Wildman–Crippen MR) is 85.7 cm³/mol. The molecule has 21 heavy (non-hydrogen) atoms. The van der Waals surface area contributed by atoms with Crippen LogP contribution < -0.4 is 4.90 Å². The molecule has 0 N–H and O–H groups in total. The minimum atomic E-state index is -0.373. The van der Waals surface area contributed by atoms with Crippen molar-refractivity contribution in [3.05, 3.63) is 64.1 Å². The SMILES string of the molecule is CN1C(=O)[C@H](CC(=O)c2ccc(Br)cc2)c2ccccc21. The Balaban J connectivity index is 1.86. The highest BCUT2D eigenvalue weighted by atomic mass is 79.9. The van der Waals surface area contributed by atoms with Gasteiger partial charge in [-0.15, -0.1) is 0 Å². The minimum absolute atomic E-state index is 0.00838. The molecule has 0 bridgehead atoms. The molecule has 0 saturated carbocycles. The fraction of sp³-hybridized carbons (Fsp3) is 0.176. The van der Waals surface area contributed by atoms with Gasteiger partial charge in [0.15, 0.2) is 5.78 Å². The van der Waals surface area contributed by atoms with Crippen LogP contribution >= 0.6 is 15.9 Å². The van der Waals surface area contributed by atoms with Crippen LogP contribution in [0.2, 0.25) is 0 Å². The molecule has 0 spiro atoms. The van der Waals surface area contributed by atoms with E-state index in [1.165, 1.54) is 0 Å². The highest BCUT2D eigenvalue weighted by molar-refractivity contribution is 9.10. The Morgan fingerprint density at radius 2 is 1.81 bits per heavy atom. The predicted octanol–water partition coefficient (Wildman–Crippen LogP) is 3.78. The van der Waals surface area contributed by atoms with Crippen molar-refractivity contribution in [1.82, 2.24) is 0 Å². The van der Waals surface area contributed by atoms with E-state index in [4.69, 9.17) is 0 Å². The number of carbonyl (C=O) groups excluding carboxylic acids is 2. The molecule has 1 aliphatic heterocycles. The normalized spacial score (nSPS) is 17.0. The van der Waals surface area contributed by atoms with Gasteiger partial charge in [-0.1, -0.05) is 46.3 Å². The van der Waals surface area contributed by atoms with E-state index in [1.807, 2.05) is 36.4 Å². The number of hydrogen-bond donors (Lipinski definition) is 0. The van der Waals surface area contributed by atoms with Crippen molar-refractivity contribution in [2.75, 3.05) is 11.9 Å². The number of nitrogens with zero attached hydrogens (tertiary/aromatic N) is 1. The first-order valence-corrected chi connectivity index (χ1v) is 7.52. The third-order valence-electron chi connectivity index (χ3n) is 3.86. The van der Waals surface area contributed by atoms with E-state index in [0.29, 0.717) is 5.56 Å². The molecule has 0 unspecified atom stereocenters. The number of Topliss-reactive ketones (excluding diaryl/α,β-unsaturated/α-hetero) is 1. The number of hydrogen-bond acceptors (Lipinski definition) is 2. The van der Waals surface area contributed by atoms with E-state index in [1.54, 1.807) is 24.1 Å². The van der Waals surface area contributed by atoms with Crippen molar-refractivity contribution < 1.29 is 9.59 Å². The average Bonchev–Trinajstić information content (AvgIpc) is 2.73. The van der Waals surface area contributed by atoms with Crippen molar-refractivity contribution in [1.29, 1.82) is 0 Å². The van der Waals surface area contributed by atoms with Gasteiger partial charge in [-0.3, -0.25) is 9.59 Å². The van der Waals surface area contributed by atoms with E-state index in [0.717, 1.165) is 15.7 Å². The lowest BCUT2D eigenvalue weighted by Gasteiger charge is -2.10. The van der Waals surface area contributed by atoms with Crippen LogP contribution in [-0.4, -0.2) is 18.7 Å². The lowest BCUT2D eigenvalue weighted by atomic mass is 9.93. The molecule has 1 aliphatic rings. The third-order valence-corrected chi connectivity index (χ3v) is 4.39. The molecule has 1 atom stereocenters. The van der Waals surface area contributed by atoms with E-state index >= 15 is 0 Å².